The molecule has 72 valence electrons. The topological polar surface area (TPSA) is 66.5 Å². The van der Waals surface area contributed by atoms with Crippen LogP contribution in [0.4, 0.5) is 0 Å². The summed E-state index contributed by atoms with van der Waals surface area (Å²) >= 11 is 2.02. The molecule has 1 rings (SSSR count). The van der Waals surface area contributed by atoms with E-state index in [1.807, 2.05) is 22.6 Å². The van der Waals surface area contributed by atoms with E-state index >= 15 is 0 Å². The zero-order valence-corrected chi connectivity index (χ0v) is 9.39. The minimum atomic E-state index is -0.583. The van der Waals surface area contributed by atoms with Crippen molar-refractivity contribution in [2.75, 3.05) is 0 Å². The summed E-state index contributed by atoms with van der Waals surface area (Å²) in [6.07, 6.45) is -0.583. The fourth-order valence-electron chi connectivity index (χ4n) is 1.01. The van der Waals surface area contributed by atoms with Crippen LogP contribution in [0, 0.1) is 3.57 Å². The van der Waals surface area contributed by atoms with Gasteiger partial charge in [-0.3, -0.25) is 0 Å². The van der Waals surface area contributed by atoms with Gasteiger partial charge in [0.25, 0.3) is 0 Å². The molecule has 3 nitrogen and oxygen atoms in total. The Kier molecular flexibility index (Phi) is 3.52. The Morgan fingerprint density at radius 1 is 1.46 bits per heavy atom. The maximum atomic E-state index is 9.25. The molecule has 0 radical (unpaired) electrons. The first-order valence-electron chi connectivity index (χ1n) is 3.94. The Hall–Kier alpha value is -0.330. The highest BCUT2D eigenvalue weighted by atomic mass is 127. The van der Waals surface area contributed by atoms with Gasteiger partial charge in [-0.2, -0.15) is 0 Å². The lowest BCUT2D eigenvalue weighted by Crippen LogP contribution is -2.23. The second-order valence-corrected chi connectivity index (χ2v) is 4.14. The number of halogens is 1. The smallest absolute Gasteiger partial charge is 0.128 e. The third-order valence-corrected chi connectivity index (χ3v) is 2.74. The lowest BCUT2D eigenvalue weighted by atomic mass is 10.0. The molecule has 0 unspecified atom stereocenters. The molecule has 1 aromatic carbocycles. The molecule has 2 atom stereocenters. The van der Waals surface area contributed by atoms with E-state index < -0.39 is 12.1 Å². The predicted octanol–water partition coefficient (Wildman–Crippen LogP) is 1.38. The van der Waals surface area contributed by atoms with Gasteiger partial charge in [0.1, 0.15) is 5.75 Å². The molecule has 4 heteroatoms. The maximum absolute atomic E-state index is 9.25. The van der Waals surface area contributed by atoms with Crippen molar-refractivity contribution in [3.8, 4) is 5.75 Å². The van der Waals surface area contributed by atoms with Crippen molar-refractivity contribution in [1.82, 2.24) is 0 Å². The lowest BCUT2D eigenvalue weighted by Gasteiger charge is -2.15. The quantitative estimate of drug-likeness (QED) is 0.722. The number of phenols is 1. The van der Waals surface area contributed by atoms with Crippen LogP contribution in [-0.4, -0.2) is 16.3 Å². The number of benzene rings is 1. The summed E-state index contributed by atoms with van der Waals surface area (Å²) in [4.78, 5) is 0. The van der Waals surface area contributed by atoms with Crippen LogP contribution in [0.5, 0.6) is 5.75 Å². The fraction of sp³-hybridized carbons (Fsp3) is 0.333. The Labute approximate surface area is 90.7 Å². The molecule has 1 aromatic rings. The molecule has 0 aliphatic heterocycles. The van der Waals surface area contributed by atoms with Gasteiger partial charge in [0.15, 0.2) is 0 Å². The number of hydrogen-bond donors (Lipinski definition) is 3. The Balaban J connectivity index is 2.97. The van der Waals surface area contributed by atoms with Crippen LogP contribution in [0.3, 0.4) is 0 Å². The molecule has 0 bridgehead atoms. The second kappa shape index (κ2) is 4.26. The van der Waals surface area contributed by atoms with Gasteiger partial charge in [-0.25, -0.2) is 0 Å². The minimum Gasteiger partial charge on any atom is -0.507 e. The van der Waals surface area contributed by atoms with Crippen molar-refractivity contribution in [1.29, 1.82) is 0 Å². The van der Waals surface area contributed by atoms with E-state index in [2.05, 4.69) is 0 Å². The van der Waals surface area contributed by atoms with Crippen molar-refractivity contribution in [3.63, 3.8) is 0 Å². The van der Waals surface area contributed by atoms with Crippen molar-refractivity contribution >= 4 is 22.6 Å². The summed E-state index contributed by atoms with van der Waals surface area (Å²) in [6.45, 7) is 1.64. The van der Waals surface area contributed by atoms with Gasteiger partial charge in [0.2, 0.25) is 0 Å². The molecule has 0 fully saturated rings. The third-order valence-electron chi connectivity index (χ3n) is 1.88. The van der Waals surface area contributed by atoms with Crippen LogP contribution >= 0.6 is 22.6 Å². The Morgan fingerprint density at radius 2 is 2.08 bits per heavy atom. The minimum absolute atomic E-state index is 0.238. The molecule has 0 heterocycles. The van der Waals surface area contributed by atoms with E-state index in [1.54, 1.807) is 25.1 Å². The summed E-state index contributed by atoms with van der Waals surface area (Å²) in [5, 5.41) is 18.5. The molecule has 0 aliphatic carbocycles. The summed E-state index contributed by atoms with van der Waals surface area (Å²) in [7, 11) is 0. The first kappa shape index (κ1) is 10.7. The average molecular weight is 293 g/mol. The first-order chi connectivity index (χ1) is 6.02. The van der Waals surface area contributed by atoms with Gasteiger partial charge in [0.05, 0.1) is 15.7 Å². The van der Waals surface area contributed by atoms with Crippen molar-refractivity contribution in [3.05, 3.63) is 27.3 Å². The van der Waals surface area contributed by atoms with Gasteiger partial charge >= 0.3 is 0 Å². The number of hydrogen-bond acceptors (Lipinski definition) is 3. The highest BCUT2D eigenvalue weighted by Crippen LogP contribution is 2.23. The van der Waals surface area contributed by atoms with E-state index in [0.717, 1.165) is 9.13 Å². The van der Waals surface area contributed by atoms with E-state index in [-0.39, 0.29) is 5.75 Å². The SMILES string of the molecule is C[C@H](O)[C@@H](N)c1ccc(O)c(I)c1. The van der Waals surface area contributed by atoms with Crippen molar-refractivity contribution in [2.45, 2.75) is 19.1 Å². The molecule has 0 spiro atoms. The standard InChI is InChI=1S/C9H12INO2/c1-5(12)9(11)6-2-3-8(13)7(10)4-6/h2-5,9,12-13H,11H2,1H3/t5-,9+/m0/s1. The number of rotatable bonds is 2. The van der Waals surface area contributed by atoms with Crippen LogP contribution in [-0.2, 0) is 0 Å². The maximum Gasteiger partial charge on any atom is 0.128 e. The molecule has 0 amide bonds. The number of aliphatic hydroxyl groups is 1. The van der Waals surface area contributed by atoms with Gasteiger partial charge in [-0.1, -0.05) is 6.07 Å². The van der Waals surface area contributed by atoms with Crippen LogP contribution in [0.2, 0.25) is 0 Å². The zero-order valence-electron chi connectivity index (χ0n) is 7.24. The average Bonchev–Trinajstić information content (AvgIpc) is 2.08. The molecule has 4 N–H and O–H groups in total. The molecule has 0 saturated heterocycles. The van der Waals surface area contributed by atoms with Gasteiger partial charge in [-0.15, -0.1) is 0 Å². The van der Waals surface area contributed by atoms with Crippen LogP contribution in [0.25, 0.3) is 0 Å². The normalized spacial score (nSPS) is 15.4. The van der Waals surface area contributed by atoms with Crippen LogP contribution < -0.4 is 5.73 Å². The van der Waals surface area contributed by atoms with E-state index in [0.29, 0.717) is 0 Å². The van der Waals surface area contributed by atoms with Crippen molar-refractivity contribution in [2.24, 2.45) is 5.73 Å². The largest absolute Gasteiger partial charge is 0.507 e. The second-order valence-electron chi connectivity index (χ2n) is 2.98. The predicted molar refractivity (Wildman–Crippen MR) is 59.4 cm³/mol. The van der Waals surface area contributed by atoms with Crippen LogP contribution in [0.1, 0.15) is 18.5 Å². The Bertz CT molecular complexity index is 302. The van der Waals surface area contributed by atoms with E-state index in [1.165, 1.54) is 0 Å². The number of phenolic OH excluding ortho intramolecular Hbond substituents is 1. The third kappa shape index (κ3) is 2.55. The van der Waals surface area contributed by atoms with Crippen LogP contribution in [0.15, 0.2) is 18.2 Å². The number of aliphatic hydroxyl groups excluding tert-OH is 1. The lowest BCUT2D eigenvalue weighted by molar-refractivity contribution is 0.164. The van der Waals surface area contributed by atoms with E-state index in [4.69, 9.17) is 5.73 Å². The molecule has 13 heavy (non-hydrogen) atoms. The first-order valence-corrected chi connectivity index (χ1v) is 5.02. The summed E-state index contributed by atoms with van der Waals surface area (Å²) in [5.74, 6) is 0.238. The summed E-state index contributed by atoms with van der Waals surface area (Å²) in [5.41, 5.74) is 6.55. The molecular weight excluding hydrogens is 281 g/mol. The number of aromatic hydroxyl groups is 1. The number of nitrogens with two attached hydrogens (primary N) is 1. The molecular formula is C9H12INO2. The van der Waals surface area contributed by atoms with Gasteiger partial charge < -0.3 is 15.9 Å². The summed E-state index contributed by atoms with van der Waals surface area (Å²) in [6, 6.07) is 4.68. The highest BCUT2D eigenvalue weighted by molar-refractivity contribution is 14.1. The van der Waals surface area contributed by atoms with Crippen molar-refractivity contribution < 1.29 is 10.2 Å². The monoisotopic (exact) mass is 293 g/mol. The van der Waals surface area contributed by atoms with Gasteiger partial charge in [-0.05, 0) is 47.2 Å². The van der Waals surface area contributed by atoms with Gasteiger partial charge in [0, 0.05) is 0 Å². The molecule has 0 saturated carbocycles. The molecule has 0 aromatic heterocycles. The highest BCUT2D eigenvalue weighted by Gasteiger charge is 2.12. The zero-order chi connectivity index (χ0) is 10.0. The fourth-order valence-corrected chi connectivity index (χ4v) is 1.55. The Morgan fingerprint density at radius 3 is 2.54 bits per heavy atom. The summed E-state index contributed by atoms with van der Waals surface area (Å²) < 4.78 is 0.742. The molecule has 0 aliphatic rings. The van der Waals surface area contributed by atoms with E-state index in [9.17, 15) is 10.2 Å².